The van der Waals surface area contributed by atoms with Crippen LogP contribution < -0.4 is 0 Å². The normalized spacial score (nSPS) is 14.9. The minimum atomic E-state index is -0.252. The van der Waals surface area contributed by atoms with Gasteiger partial charge in [0.05, 0.1) is 0 Å². The maximum absolute atomic E-state index is 11.8. The van der Waals surface area contributed by atoms with Gasteiger partial charge in [-0.3, -0.25) is 0 Å². The molecular formula is C15H17NO2. The van der Waals surface area contributed by atoms with Gasteiger partial charge in [-0.2, -0.15) is 0 Å². The highest BCUT2D eigenvalue weighted by molar-refractivity contribution is 5.68. The van der Waals surface area contributed by atoms with E-state index in [0.29, 0.717) is 19.7 Å². The molecule has 0 aliphatic carbocycles. The maximum atomic E-state index is 11.8. The summed E-state index contributed by atoms with van der Waals surface area (Å²) >= 11 is 0. The first-order chi connectivity index (χ1) is 8.79. The second kappa shape index (κ2) is 6.05. The molecule has 0 fully saturated rings. The van der Waals surface area contributed by atoms with Crippen molar-refractivity contribution in [1.82, 2.24) is 4.90 Å². The number of nitrogens with zero attached hydrogens (tertiary/aromatic N) is 1. The van der Waals surface area contributed by atoms with E-state index in [0.717, 1.165) is 12.0 Å². The van der Waals surface area contributed by atoms with Crippen molar-refractivity contribution in [2.75, 3.05) is 13.1 Å². The van der Waals surface area contributed by atoms with Crippen LogP contribution >= 0.6 is 0 Å². The SMILES string of the molecule is C=CC1=CCN(C(=O)OCc2ccccc2)CC1. The molecule has 0 N–H and O–H groups in total. The number of carbonyl (C=O) groups excluding carboxylic acids is 1. The third-order valence-corrected chi connectivity index (χ3v) is 2.97. The Labute approximate surface area is 107 Å². The number of hydrogen-bond acceptors (Lipinski definition) is 2. The predicted octanol–water partition coefficient (Wildman–Crippen LogP) is 3.14. The second-order valence-corrected chi connectivity index (χ2v) is 4.22. The van der Waals surface area contributed by atoms with Gasteiger partial charge in [-0.1, -0.05) is 49.1 Å². The highest BCUT2D eigenvalue weighted by Crippen LogP contribution is 2.12. The molecule has 0 bridgehead atoms. The molecular weight excluding hydrogens is 226 g/mol. The first-order valence-electron chi connectivity index (χ1n) is 6.06. The molecule has 1 amide bonds. The van der Waals surface area contributed by atoms with E-state index in [1.54, 1.807) is 4.90 Å². The van der Waals surface area contributed by atoms with Crippen molar-refractivity contribution in [2.45, 2.75) is 13.0 Å². The first-order valence-corrected chi connectivity index (χ1v) is 6.06. The molecule has 1 aromatic rings. The molecule has 0 radical (unpaired) electrons. The van der Waals surface area contributed by atoms with Crippen LogP contribution in [0.25, 0.3) is 0 Å². The molecule has 0 saturated carbocycles. The van der Waals surface area contributed by atoms with E-state index in [1.807, 2.05) is 42.5 Å². The molecule has 0 saturated heterocycles. The molecule has 2 rings (SSSR count). The van der Waals surface area contributed by atoms with Crippen molar-refractivity contribution in [3.05, 3.63) is 60.2 Å². The minimum Gasteiger partial charge on any atom is -0.445 e. The number of ether oxygens (including phenoxy) is 1. The minimum absolute atomic E-state index is 0.252. The zero-order valence-electron chi connectivity index (χ0n) is 10.3. The monoisotopic (exact) mass is 243 g/mol. The quantitative estimate of drug-likeness (QED) is 0.816. The lowest BCUT2D eigenvalue weighted by molar-refractivity contribution is 0.0991. The Hall–Kier alpha value is -2.03. The zero-order chi connectivity index (χ0) is 12.8. The fraction of sp³-hybridized carbons (Fsp3) is 0.267. The molecule has 1 heterocycles. The van der Waals surface area contributed by atoms with Gasteiger partial charge in [0.2, 0.25) is 0 Å². The lowest BCUT2D eigenvalue weighted by Gasteiger charge is -2.24. The molecule has 3 nitrogen and oxygen atoms in total. The molecule has 0 spiro atoms. The zero-order valence-corrected chi connectivity index (χ0v) is 10.3. The van der Waals surface area contributed by atoms with Gasteiger partial charge in [0.25, 0.3) is 0 Å². The third kappa shape index (κ3) is 3.23. The molecule has 1 aliphatic rings. The van der Waals surface area contributed by atoms with Crippen molar-refractivity contribution < 1.29 is 9.53 Å². The summed E-state index contributed by atoms with van der Waals surface area (Å²) < 4.78 is 5.27. The Morgan fingerprint density at radius 2 is 2.17 bits per heavy atom. The van der Waals surface area contributed by atoms with E-state index in [1.165, 1.54) is 5.57 Å². The van der Waals surface area contributed by atoms with Crippen LogP contribution in [0, 0.1) is 0 Å². The van der Waals surface area contributed by atoms with Gasteiger partial charge in [0.1, 0.15) is 6.61 Å². The van der Waals surface area contributed by atoms with Crippen LogP contribution in [-0.4, -0.2) is 24.1 Å². The van der Waals surface area contributed by atoms with Crippen molar-refractivity contribution in [1.29, 1.82) is 0 Å². The Kier molecular flexibility index (Phi) is 4.18. The standard InChI is InChI=1S/C15H17NO2/c1-2-13-8-10-16(11-9-13)15(17)18-12-14-6-4-3-5-7-14/h2-8H,1,9-12H2. The van der Waals surface area contributed by atoms with Gasteiger partial charge in [-0.15, -0.1) is 0 Å². The van der Waals surface area contributed by atoms with Gasteiger partial charge in [0.15, 0.2) is 0 Å². The Bertz CT molecular complexity index is 451. The summed E-state index contributed by atoms with van der Waals surface area (Å²) in [6.45, 7) is 5.36. The van der Waals surface area contributed by atoms with Gasteiger partial charge in [-0.25, -0.2) is 4.79 Å². The number of amides is 1. The highest BCUT2D eigenvalue weighted by Gasteiger charge is 2.17. The highest BCUT2D eigenvalue weighted by atomic mass is 16.6. The first kappa shape index (κ1) is 12.4. The average molecular weight is 243 g/mol. The summed E-state index contributed by atoms with van der Waals surface area (Å²) in [5.41, 5.74) is 2.20. The van der Waals surface area contributed by atoms with E-state index in [-0.39, 0.29) is 6.09 Å². The van der Waals surface area contributed by atoms with Crippen molar-refractivity contribution in [3.63, 3.8) is 0 Å². The van der Waals surface area contributed by atoms with Crippen LogP contribution in [-0.2, 0) is 11.3 Å². The van der Waals surface area contributed by atoms with E-state index in [9.17, 15) is 4.79 Å². The molecule has 94 valence electrons. The fourth-order valence-electron chi connectivity index (χ4n) is 1.85. The van der Waals surface area contributed by atoms with Crippen LogP contribution in [0.4, 0.5) is 4.79 Å². The van der Waals surface area contributed by atoms with E-state index >= 15 is 0 Å². The van der Waals surface area contributed by atoms with E-state index in [4.69, 9.17) is 4.74 Å². The third-order valence-electron chi connectivity index (χ3n) is 2.97. The van der Waals surface area contributed by atoms with E-state index < -0.39 is 0 Å². The average Bonchev–Trinajstić information content (AvgIpc) is 2.46. The van der Waals surface area contributed by atoms with Crippen LogP contribution in [0.15, 0.2) is 54.6 Å². The van der Waals surface area contributed by atoms with Gasteiger partial charge >= 0.3 is 6.09 Å². The molecule has 3 heteroatoms. The van der Waals surface area contributed by atoms with Crippen LogP contribution in [0.5, 0.6) is 0 Å². The summed E-state index contributed by atoms with van der Waals surface area (Å²) in [7, 11) is 0. The predicted molar refractivity (Wildman–Crippen MR) is 71.1 cm³/mol. The van der Waals surface area contributed by atoms with Gasteiger partial charge < -0.3 is 9.64 Å². The number of rotatable bonds is 3. The number of benzene rings is 1. The fourth-order valence-corrected chi connectivity index (χ4v) is 1.85. The number of hydrogen-bond donors (Lipinski definition) is 0. The van der Waals surface area contributed by atoms with Crippen LogP contribution in [0.1, 0.15) is 12.0 Å². The number of carbonyl (C=O) groups is 1. The van der Waals surface area contributed by atoms with Gasteiger partial charge in [-0.05, 0) is 17.6 Å². The smallest absolute Gasteiger partial charge is 0.410 e. The maximum Gasteiger partial charge on any atom is 0.410 e. The van der Waals surface area contributed by atoms with Crippen molar-refractivity contribution in [2.24, 2.45) is 0 Å². The molecule has 0 atom stereocenters. The Morgan fingerprint density at radius 3 is 2.78 bits per heavy atom. The summed E-state index contributed by atoms with van der Waals surface area (Å²) in [6, 6.07) is 9.70. The van der Waals surface area contributed by atoms with Crippen molar-refractivity contribution >= 4 is 6.09 Å². The van der Waals surface area contributed by atoms with E-state index in [2.05, 4.69) is 6.58 Å². The molecule has 0 aromatic heterocycles. The van der Waals surface area contributed by atoms with Gasteiger partial charge in [0, 0.05) is 13.1 Å². The topological polar surface area (TPSA) is 29.5 Å². The summed E-state index contributed by atoms with van der Waals surface area (Å²) in [6.07, 6.45) is 4.45. The Morgan fingerprint density at radius 1 is 1.39 bits per heavy atom. The van der Waals surface area contributed by atoms with Crippen LogP contribution in [0.3, 0.4) is 0 Å². The molecule has 18 heavy (non-hydrogen) atoms. The lowest BCUT2D eigenvalue weighted by Crippen LogP contribution is -2.35. The van der Waals surface area contributed by atoms with Crippen LogP contribution in [0.2, 0.25) is 0 Å². The van der Waals surface area contributed by atoms with Crippen molar-refractivity contribution in [3.8, 4) is 0 Å². The lowest BCUT2D eigenvalue weighted by atomic mass is 10.1. The molecule has 0 unspecified atom stereocenters. The Balaban J connectivity index is 1.83. The molecule has 1 aromatic carbocycles. The summed E-state index contributed by atoms with van der Waals surface area (Å²) in [5.74, 6) is 0. The summed E-state index contributed by atoms with van der Waals surface area (Å²) in [5, 5.41) is 0. The number of allylic oxidation sites excluding steroid dienone is 1. The molecule has 1 aliphatic heterocycles. The second-order valence-electron chi connectivity index (χ2n) is 4.22. The largest absolute Gasteiger partial charge is 0.445 e. The summed E-state index contributed by atoms with van der Waals surface area (Å²) in [4.78, 5) is 13.5.